The van der Waals surface area contributed by atoms with Crippen LogP contribution in [0.4, 0.5) is 0 Å². The summed E-state index contributed by atoms with van der Waals surface area (Å²) < 4.78 is 0. The van der Waals surface area contributed by atoms with E-state index >= 15 is 0 Å². The van der Waals surface area contributed by atoms with Gasteiger partial charge in [0, 0.05) is 10.8 Å². The van der Waals surface area contributed by atoms with Gasteiger partial charge in [-0.2, -0.15) is 0 Å². The fourth-order valence-corrected chi connectivity index (χ4v) is 2.75. The number of rotatable bonds is 3. The lowest BCUT2D eigenvalue weighted by Gasteiger charge is -2.33. The molecule has 0 heterocycles. The smallest absolute Gasteiger partial charge is 0.245 e. The summed E-state index contributed by atoms with van der Waals surface area (Å²) in [4.78, 5) is 21.8. The summed E-state index contributed by atoms with van der Waals surface area (Å²) in [5.74, 6) is -0.936. The molecule has 0 aliphatic heterocycles. The molecule has 96 valence electrons. The molecule has 2 rings (SSSR count). The van der Waals surface area contributed by atoms with Crippen LogP contribution in [0.2, 0.25) is 0 Å². The van der Waals surface area contributed by atoms with Crippen LogP contribution in [0.1, 0.15) is 24.3 Å². The maximum atomic E-state index is 11.1. The van der Waals surface area contributed by atoms with Crippen LogP contribution in [0.3, 0.4) is 0 Å². The number of nitrogens with zero attached hydrogens (tertiary/aromatic N) is 1. The van der Waals surface area contributed by atoms with Gasteiger partial charge >= 0.3 is 0 Å². The quantitative estimate of drug-likeness (QED) is 0.498. The highest BCUT2D eigenvalue weighted by Gasteiger charge is 2.47. The fraction of sp³-hybridized carbons (Fsp3) is 0.462. The molecule has 1 N–H and O–H groups in total. The standard InChI is InChI=1S/C13H15NO4/c15-8-10-6-7-11(16)13(14(17)18)12(10)9-4-2-1-3-5-9/h1-5,8,10-13,16H,6-7H2/t10-,11+,12+,13+/m0/s1. The molecule has 5 nitrogen and oxygen atoms in total. The van der Waals surface area contributed by atoms with Crippen molar-refractivity contribution < 1.29 is 14.8 Å². The van der Waals surface area contributed by atoms with Gasteiger partial charge in [-0.1, -0.05) is 30.3 Å². The van der Waals surface area contributed by atoms with Gasteiger partial charge in [-0.25, -0.2) is 0 Å². The minimum absolute atomic E-state index is 0.304. The van der Waals surface area contributed by atoms with E-state index in [1.54, 1.807) is 24.3 Å². The van der Waals surface area contributed by atoms with E-state index in [-0.39, 0.29) is 0 Å². The van der Waals surface area contributed by atoms with Gasteiger partial charge in [0.25, 0.3) is 0 Å². The van der Waals surface area contributed by atoms with Gasteiger partial charge in [0.1, 0.15) is 12.4 Å². The second kappa shape index (κ2) is 5.27. The number of benzene rings is 1. The third kappa shape index (κ3) is 2.26. The van der Waals surface area contributed by atoms with Crippen LogP contribution in [0.15, 0.2) is 30.3 Å². The van der Waals surface area contributed by atoms with Crippen LogP contribution in [-0.2, 0) is 4.79 Å². The number of carbonyl (C=O) groups is 1. The Labute approximate surface area is 105 Å². The third-order valence-corrected chi connectivity index (χ3v) is 3.62. The molecule has 1 aromatic carbocycles. The summed E-state index contributed by atoms with van der Waals surface area (Å²) >= 11 is 0. The van der Waals surface area contributed by atoms with Crippen molar-refractivity contribution in [3.05, 3.63) is 46.0 Å². The monoisotopic (exact) mass is 249 g/mol. The number of aldehydes is 1. The summed E-state index contributed by atoms with van der Waals surface area (Å²) in [6.07, 6.45) is 0.592. The zero-order valence-corrected chi connectivity index (χ0v) is 9.81. The normalized spacial score (nSPS) is 31.8. The first kappa shape index (κ1) is 12.7. The first-order valence-corrected chi connectivity index (χ1v) is 5.97. The minimum Gasteiger partial charge on any atom is -0.386 e. The van der Waals surface area contributed by atoms with E-state index in [0.29, 0.717) is 12.8 Å². The van der Waals surface area contributed by atoms with E-state index < -0.39 is 28.9 Å². The molecule has 4 atom stereocenters. The van der Waals surface area contributed by atoms with Gasteiger partial charge in [-0.3, -0.25) is 10.1 Å². The molecule has 0 aromatic heterocycles. The Bertz CT molecular complexity index is 434. The number of hydrogen-bond donors (Lipinski definition) is 1. The Morgan fingerprint density at radius 2 is 1.94 bits per heavy atom. The largest absolute Gasteiger partial charge is 0.386 e. The molecule has 0 unspecified atom stereocenters. The number of nitro groups is 1. The van der Waals surface area contributed by atoms with Crippen LogP contribution in [0.25, 0.3) is 0 Å². The number of carbonyl (C=O) groups excluding carboxylic acids is 1. The zero-order chi connectivity index (χ0) is 13.1. The van der Waals surface area contributed by atoms with Crippen molar-refractivity contribution >= 4 is 6.29 Å². The van der Waals surface area contributed by atoms with Gasteiger partial charge in [0.05, 0.1) is 5.92 Å². The van der Waals surface area contributed by atoms with E-state index in [1.807, 2.05) is 6.07 Å². The van der Waals surface area contributed by atoms with E-state index in [4.69, 9.17) is 0 Å². The van der Waals surface area contributed by atoms with Gasteiger partial charge < -0.3 is 9.90 Å². The summed E-state index contributed by atoms with van der Waals surface area (Å²) in [6, 6.07) is 7.84. The second-order valence-corrected chi connectivity index (χ2v) is 4.66. The predicted octanol–water partition coefficient (Wildman–Crippen LogP) is 1.39. The summed E-state index contributed by atoms with van der Waals surface area (Å²) in [6.45, 7) is 0. The molecular formula is C13H15NO4. The van der Waals surface area contributed by atoms with Crippen LogP contribution in [0.5, 0.6) is 0 Å². The molecule has 5 heteroatoms. The Kier molecular flexibility index (Phi) is 3.72. The molecule has 0 amide bonds. The second-order valence-electron chi connectivity index (χ2n) is 4.66. The van der Waals surface area contributed by atoms with Crippen molar-refractivity contribution in [1.82, 2.24) is 0 Å². The van der Waals surface area contributed by atoms with Gasteiger partial charge in [-0.15, -0.1) is 0 Å². The molecule has 1 saturated carbocycles. The van der Waals surface area contributed by atoms with Crippen molar-refractivity contribution in [2.75, 3.05) is 0 Å². The summed E-state index contributed by atoms with van der Waals surface area (Å²) in [5.41, 5.74) is 0.745. The lowest BCUT2D eigenvalue weighted by Crippen LogP contribution is -2.46. The van der Waals surface area contributed by atoms with Gasteiger partial charge in [-0.05, 0) is 18.4 Å². The predicted molar refractivity (Wildman–Crippen MR) is 64.8 cm³/mol. The van der Waals surface area contributed by atoms with E-state index in [9.17, 15) is 20.0 Å². The first-order valence-electron chi connectivity index (χ1n) is 5.97. The fourth-order valence-electron chi connectivity index (χ4n) is 2.75. The number of aliphatic hydroxyl groups excluding tert-OH is 1. The molecule has 0 bridgehead atoms. The van der Waals surface area contributed by atoms with Crippen LogP contribution in [-0.4, -0.2) is 28.5 Å². The topological polar surface area (TPSA) is 80.4 Å². The number of hydrogen-bond acceptors (Lipinski definition) is 4. The van der Waals surface area contributed by atoms with E-state index in [2.05, 4.69) is 0 Å². The summed E-state index contributed by atoms with van der Waals surface area (Å²) in [7, 11) is 0. The van der Waals surface area contributed by atoms with Crippen LogP contribution >= 0.6 is 0 Å². The maximum Gasteiger partial charge on any atom is 0.245 e. The molecule has 18 heavy (non-hydrogen) atoms. The summed E-state index contributed by atoms with van der Waals surface area (Å²) in [5, 5.41) is 21.0. The molecule has 0 radical (unpaired) electrons. The highest BCUT2D eigenvalue weighted by atomic mass is 16.6. The molecule has 0 saturated heterocycles. The van der Waals surface area contributed by atoms with Crippen LogP contribution < -0.4 is 0 Å². The average molecular weight is 249 g/mol. The van der Waals surface area contributed by atoms with Crippen molar-refractivity contribution in [3.63, 3.8) is 0 Å². The van der Waals surface area contributed by atoms with Crippen molar-refractivity contribution in [1.29, 1.82) is 0 Å². The zero-order valence-electron chi connectivity index (χ0n) is 9.81. The van der Waals surface area contributed by atoms with Crippen molar-refractivity contribution in [2.45, 2.75) is 30.9 Å². The van der Waals surface area contributed by atoms with Crippen molar-refractivity contribution in [2.24, 2.45) is 5.92 Å². The van der Waals surface area contributed by atoms with E-state index in [1.165, 1.54) is 0 Å². The van der Waals surface area contributed by atoms with Gasteiger partial charge in [0.2, 0.25) is 6.04 Å². The highest BCUT2D eigenvalue weighted by molar-refractivity contribution is 5.56. The van der Waals surface area contributed by atoms with Gasteiger partial charge in [0.15, 0.2) is 0 Å². The molecule has 0 spiro atoms. The lowest BCUT2D eigenvalue weighted by molar-refractivity contribution is -0.542. The highest BCUT2D eigenvalue weighted by Crippen LogP contribution is 2.38. The SMILES string of the molecule is O=C[C@@H]1CC[C@@H](O)[C@@H]([N+](=O)[O-])[C@@H]1c1ccccc1. The Hall–Kier alpha value is -1.75. The third-order valence-electron chi connectivity index (χ3n) is 3.62. The first-order chi connectivity index (χ1) is 8.65. The van der Waals surface area contributed by atoms with Crippen molar-refractivity contribution in [3.8, 4) is 0 Å². The molecular weight excluding hydrogens is 234 g/mol. The lowest BCUT2D eigenvalue weighted by atomic mass is 9.72. The molecule has 1 aromatic rings. The Morgan fingerprint density at radius 3 is 2.50 bits per heavy atom. The molecule has 1 aliphatic rings. The number of aliphatic hydroxyl groups is 1. The minimum atomic E-state index is -1.10. The molecule has 1 aliphatic carbocycles. The molecule has 1 fully saturated rings. The average Bonchev–Trinajstić information content (AvgIpc) is 2.39. The van der Waals surface area contributed by atoms with Crippen LogP contribution in [0, 0.1) is 16.0 Å². The Balaban J connectivity index is 2.40. The Morgan fingerprint density at radius 1 is 1.28 bits per heavy atom. The van der Waals surface area contributed by atoms with E-state index in [0.717, 1.165) is 11.8 Å². The maximum absolute atomic E-state index is 11.1.